The van der Waals surface area contributed by atoms with Crippen LogP contribution in [0.4, 0.5) is 4.39 Å². The van der Waals surface area contributed by atoms with E-state index >= 15 is 0 Å². The monoisotopic (exact) mass is 290 g/mol. The van der Waals surface area contributed by atoms with Gasteiger partial charge in [-0.3, -0.25) is 0 Å². The smallest absolute Gasteiger partial charge is 0.262 e. The van der Waals surface area contributed by atoms with E-state index in [-0.39, 0.29) is 23.0 Å². The highest BCUT2D eigenvalue weighted by Gasteiger charge is 2.16. The fourth-order valence-electron chi connectivity index (χ4n) is 1.76. The number of benzene rings is 2. The molecule has 3 rings (SSSR count). The van der Waals surface area contributed by atoms with Gasteiger partial charge in [-0.25, -0.2) is 4.39 Å². The number of hydrogen-bond donors (Lipinski definition) is 1. The van der Waals surface area contributed by atoms with Crippen LogP contribution in [0.25, 0.3) is 22.8 Å². The second-order valence-corrected chi connectivity index (χ2v) is 4.47. The maximum absolute atomic E-state index is 13.2. The fraction of sp³-hybridized carbons (Fsp3) is 0. The van der Waals surface area contributed by atoms with Crippen LogP contribution in [0.2, 0.25) is 5.02 Å². The Morgan fingerprint density at radius 1 is 1.10 bits per heavy atom. The number of aromatic hydroxyl groups is 1. The van der Waals surface area contributed by atoms with E-state index in [0.717, 1.165) is 12.1 Å². The van der Waals surface area contributed by atoms with Crippen molar-refractivity contribution in [3.8, 4) is 28.6 Å². The zero-order valence-electron chi connectivity index (χ0n) is 10.0. The summed E-state index contributed by atoms with van der Waals surface area (Å²) in [4.78, 5) is 4.12. The number of halogens is 2. The van der Waals surface area contributed by atoms with Crippen molar-refractivity contribution < 1.29 is 14.0 Å². The summed E-state index contributed by atoms with van der Waals surface area (Å²) < 4.78 is 18.3. The van der Waals surface area contributed by atoms with E-state index in [1.807, 2.05) is 0 Å². The molecule has 0 bridgehead atoms. The number of phenols is 1. The minimum Gasteiger partial charge on any atom is -0.507 e. The molecule has 100 valence electrons. The zero-order valence-corrected chi connectivity index (χ0v) is 10.8. The number of aromatic nitrogens is 2. The van der Waals surface area contributed by atoms with Gasteiger partial charge in [-0.05, 0) is 30.3 Å². The summed E-state index contributed by atoms with van der Waals surface area (Å²) in [5, 5.41) is 14.0. The number of hydrogen-bond acceptors (Lipinski definition) is 4. The predicted octanol–water partition coefficient (Wildman–Crippen LogP) is 3.90. The summed E-state index contributed by atoms with van der Waals surface area (Å²) in [6.07, 6.45) is 0. The Bertz CT molecular complexity index is 773. The lowest BCUT2D eigenvalue weighted by molar-refractivity contribution is 0.425. The van der Waals surface area contributed by atoms with E-state index in [1.165, 1.54) is 6.07 Å². The van der Waals surface area contributed by atoms with Gasteiger partial charge >= 0.3 is 0 Å². The standard InChI is InChI=1S/C14H8ClFN2O2/c15-11-4-2-1-3-9(11)13-17-14(20-18-13)10-7-8(16)5-6-12(10)19/h1-7,19H. The maximum Gasteiger partial charge on any atom is 0.262 e. The van der Waals surface area contributed by atoms with Crippen LogP contribution in [-0.2, 0) is 0 Å². The highest BCUT2D eigenvalue weighted by atomic mass is 35.5. The summed E-state index contributed by atoms with van der Waals surface area (Å²) in [6, 6.07) is 10.5. The first-order valence-electron chi connectivity index (χ1n) is 5.72. The van der Waals surface area contributed by atoms with Gasteiger partial charge in [0.15, 0.2) is 0 Å². The van der Waals surface area contributed by atoms with Gasteiger partial charge < -0.3 is 9.63 Å². The van der Waals surface area contributed by atoms with Crippen LogP contribution >= 0.6 is 11.6 Å². The molecule has 20 heavy (non-hydrogen) atoms. The Kier molecular flexibility index (Phi) is 3.12. The highest BCUT2D eigenvalue weighted by Crippen LogP contribution is 2.31. The molecule has 0 fully saturated rings. The summed E-state index contributed by atoms with van der Waals surface area (Å²) in [5.74, 6) is -0.345. The largest absolute Gasteiger partial charge is 0.507 e. The normalized spacial score (nSPS) is 10.7. The third-order valence-electron chi connectivity index (χ3n) is 2.73. The van der Waals surface area contributed by atoms with Crippen molar-refractivity contribution in [2.24, 2.45) is 0 Å². The van der Waals surface area contributed by atoms with E-state index in [9.17, 15) is 9.50 Å². The maximum atomic E-state index is 13.2. The molecule has 0 aliphatic heterocycles. The highest BCUT2D eigenvalue weighted by molar-refractivity contribution is 6.33. The minimum absolute atomic E-state index is 0.0249. The first kappa shape index (κ1) is 12.6. The van der Waals surface area contributed by atoms with Gasteiger partial charge in [-0.15, -0.1) is 0 Å². The topological polar surface area (TPSA) is 59.2 Å². The molecule has 3 aromatic rings. The van der Waals surface area contributed by atoms with Crippen molar-refractivity contribution in [3.05, 3.63) is 53.3 Å². The molecule has 4 nitrogen and oxygen atoms in total. The lowest BCUT2D eigenvalue weighted by atomic mass is 10.2. The Morgan fingerprint density at radius 2 is 1.90 bits per heavy atom. The molecule has 0 saturated carbocycles. The van der Waals surface area contributed by atoms with Gasteiger partial charge in [0, 0.05) is 5.56 Å². The van der Waals surface area contributed by atoms with E-state index in [0.29, 0.717) is 10.6 Å². The van der Waals surface area contributed by atoms with E-state index in [4.69, 9.17) is 16.1 Å². The van der Waals surface area contributed by atoms with Gasteiger partial charge in [0.25, 0.3) is 5.89 Å². The third kappa shape index (κ3) is 2.23. The van der Waals surface area contributed by atoms with Gasteiger partial charge in [-0.1, -0.05) is 28.9 Å². The average molecular weight is 291 g/mol. The van der Waals surface area contributed by atoms with Crippen LogP contribution in [0.3, 0.4) is 0 Å². The van der Waals surface area contributed by atoms with Crippen molar-refractivity contribution >= 4 is 11.6 Å². The molecule has 0 unspecified atom stereocenters. The van der Waals surface area contributed by atoms with Gasteiger partial charge in [0.2, 0.25) is 5.82 Å². The van der Waals surface area contributed by atoms with Crippen LogP contribution in [0.1, 0.15) is 0 Å². The number of rotatable bonds is 2. The Labute approximate surface area is 118 Å². The Morgan fingerprint density at radius 3 is 2.70 bits per heavy atom. The summed E-state index contributed by atoms with van der Waals surface area (Å²) in [6.45, 7) is 0. The molecule has 0 aliphatic rings. The van der Waals surface area contributed by atoms with E-state index in [1.54, 1.807) is 24.3 Å². The van der Waals surface area contributed by atoms with Crippen molar-refractivity contribution in [1.29, 1.82) is 0 Å². The quantitative estimate of drug-likeness (QED) is 0.777. The van der Waals surface area contributed by atoms with Crippen LogP contribution in [-0.4, -0.2) is 15.2 Å². The molecular formula is C14H8ClFN2O2. The molecule has 0 aliphatic carbocycles. The molecule has 0 saturated heterocycles. The molecule has 0 atom stereocenters. The first-order chi connectivity index (χ1) is 9.65. The lowest BCUT2D eigenvalue weighted by Crippen LogP contribution is -1.84. The molecule has 2 aromatic carbocycles. The molecule has 0 spiro atoms. The first-order valence-corrected chi connectivity index (χ1v) is 6.10. The van der Waals surface area contributed by atoms with Crippen LogP contribution in [0.5, 0.6) is 5.75 Å². The third-order valence-corrected chi connectivity index (χ3v) is 3.06. The van der Waals surface area contributed by atoms with Crippen molar-refractivity contribution in [2.45, 2.75) is 0 Å². The lowest BCUT2D eigenvalue weighted by Gasteiger charge is -1.98. The van der Waals surface area contributed by atoms with E-state index in [2.05, 4.69) is 10.1 Å². The van der Waals surface area contributed by atoms with E-state index < -0.39 is 5.82 Å². The fourth-order valence-corrected chi connectivity index (χ4v) is 1.98. The second kappa shape index (κ2) is 4.94. The summed E-state index contributed by atoms with van der Waals surface area (Å²) in [7, 11) is 0. The number of nitrogens with zero attached hydrogens (tertiary/aromatic N) is 2. The number of phenolic OH excluding ortho intramolecular Hbond substituents is 1. The zero-order chi connectivity index (χ0) is 14.1. The van der Waals surface area contributed by atoms with Crippen molar-refractivity contribution in [2.75, 3.05) is 0 Å². The minimum atomic E-state index is -0.504. The molecule has 1 heterocycles. The van der Waals surface area contributed by atoms with Gasteiger partial charge in [0.1, 0.15) is 11.6 Å². The average Bonchev–Trinajstić information content (AvgIpc) is 2.91. The van der Waals surface area contributed by atoms with Gasteiger partial charge in [-0.2, -0.15) is 4.98 Å². The Balaban J connectivity index is 2.07. The van der Waals surface area contributed by atoms with Crippen LogP contribution < -0.4 is 0 Å². The second-order valence-electron chi connectivity index (χ2n) is 4.06. The molecule has 0 amide bonds. The summed E-state index contributed by atoms with van der Waals surface area (Å²) >= 11 is 6.04. The summed E-state index contributed by atoms with van der Waals surface area (Å²) in [5.41, 5.74) is 0.732. The SMILES string of the molecule is Oc1ccc(F)cc1-c1nc(-c2ccccc2Cl)no1. The van der Waals surface area contributed by atoms with Crippen LogP contribution in [0, 0.1) is 5.82 Å². The Hall–Kier alpha value is -2.40. The molecule has 0 radical (unpaired) electrons. The van der Waals surface area contributed by atoms with Crippen molar-refractivity contribution in [3.63, 3.8) is 0 Å². The van der Waals surface area contributed by atoms with Crippen LogP contribution in [0.15, 0.2) is 47.0 Å². The predicted molar refractivity (Wildman–Crippen MR) is 71.8 cm³/mol. The van der Waals surface area contributed by atoms with Crippen molar-refractivity contribution in [1.82, 2.24) is 10.1 Å². The molecule has 1 N–H and O–H groups in total. The molecular weight excluding hydrogens is 283 g/mol. The molecule has 1 aromatic heterocycles. The molecule has 6 heteroatoms. The van der Waals surface area contributed by atoms with Gasteiger partial charge in [0.05, 0.1) is 10.6 Å².